The zero-order valence-electron chi connectivity index (χ0n) is 16.8. The fourth-order valence-electron chi connectivity index (χ4n) is 3.19. The average molecular weight is 439 g/mol. The Morgan fingerprint density at radius 2 is 1.68 bits per heavy atom. The molecule has 0 bridgehead atoms. The minimum atomic E-state index is -1.63. The Kier molecular flexibility index (Phi) is 5.15. The van der Waals surface area contributed by atoms with E-state index in [4.69, 9.17) is 9.47 Å². The van der Waals surface area contributed by atoms with E-state index in [1.165, 1.54) is 50.7 Å². The van der Waals surface area contributed by atoms with Crippen LogP contribution in [-0.2, 0) is 9.59 Å². The fraction of sp³-hybridized carbons (Fsp3) is 0.190. The highest BCUT2D eigenvalue weighted by atomic mass is 32.1. The quantitative estimate of drug-likeness (QED) is 0.444. The average Bonchev–Trinajstić information content (AvgIpc) is 3.19. The maximum absolute atomic E-state index is 13.0. The lowest BCUT2D eigenvalue weighted by Crippen LogP contribution is -2.58. The number of carbonyl (C=O) groups excluding carboxylic acids is 4. The molecule has 1 aromatic heterocycles. The molecule has 10 heteroatoms. The van der Waals surface area contributed by atoms with E-state index in [0.717, 1.165) is 20.0 Å². The second-order valence-corrected chi connectivity index (χ2v) is 7.78. The predicted molar refractivity (Wildman–Crippen MR) is 111 cm³/mol. The van der Waals surface area contributed by atoms with Crippen LogP contribution in [-0.4, -0.2) is 59.6 Å². The number of fused-ring (bicyclic) bond motifs is 1. The molecule has 2 aromatic carbocycles. The van der Waals surface area contributed by atoms with Gasteiger partial charge in [0.2, 0.25) is 0 Å². The number of hydrogen-bond acceptors (Lipinski definition) is 8. The second kappa shape index (κ2) is 7.80. The highest BCUT2D eigenvalue weighted by molar-refractivity contribution is 7.20. The normalized spacial score (nSPS) is 15.0. The van der Waals surface area contributed by atoms with Gasteiger partial charge in [-0.2, -0.15) is 0 Å². The summed E-state index contributed by atoms with van der Waals surface area (Å²) in [7, 11) is 3.86. The number of carbonyl (C=O) groups is 4. The first-order chi connectivity index (χ1) is 14.8. The van der Waals surface area contributed by atoms with Gasteiger partial charge < -0.3 is 9.47 Å². The lowest BCUT2D eigenvalue weighted by atomic mass is 9.93. The number of thiazole rings is 1. The maximum Gasteiger partial charge on any atom is 0.332 e. The van der Waals surface area contributed by atoms with Crippen LogP contribution in [0.25, 0.3) is 10.2 Å². The van der Waals surface area contributed by atoms with Crippen LogP contribution in [0.3, 0.4) is 0 Å². The molecule has 0 saturated carbocycles. The number of hydrogen-bond donors (Lipinski definition) is 0. The van der Waals surface area contributed by atoms with Gasteiger partial charge in [0.15, 0.2) is 23.2 Å². The largest absolute Gasteiger partial charge is 0.493 e. The van der Waals surface area contributed by atoms with Crippen molar-refractivity contribution in [1.29, 1.82) is 0 Å². The Morgan fingerprint density at radius 3 is 2.32 bits per heavy atom. The highest BCUT2D eigenvalue weighted by Crippen LogP contribution is 2.36. The number of Topliss-reactive ketones (excluding diaryl/α,β-unsaturated/α-hetero) is 1. The number of ether oxygens (including phenoxy) is 2. The SMILES string of the molecule is COc1cc(C(=O)C2C(=O)N(C)C(=O)N(C)C2=O)ccc1Oc1nc2ccccc2s1. The first kappa shape index (κ1) is 20.5. The van der Waals surface area contributed by atoms with Crippen molar-refractivity contribution in [1.82, 2.24) is 14.8 Å². The summed E-state index contributed by atoms with van der Waals surface area (Å²) in [6, 6.07) is 11.1. The summed E-state index contributed by atoms with van der Waals surface area (Å²) in [6.45, 7) is 0. The van der Waals surface area contributed by atoms with E-state index in [-0.39, 0.29) is 11.3 Å². The van der Waals surface area contributed by atoms with Crippen LogP contribution in [0.2, 0.25) is 0 Å². The summed E-state index contributed by atoms with van der Waals surface area (Å²) in [4.78, 5) is 55.6. The van der Waals surface area contributed by atoms with Crippen molar-refractivity contribution >= 4 is 45.2 Å². The van der Waals surface area contributed by atoms with Gasteiger partial charge in [0, 0.05) is 19.7 Å². The number of benzene rings is 2. The van der Waals surface area contributed by atoms with E-state index in [9.17, 15) is 19.2 Å². The van der Waals surface area contributed by atoms with Gasteiger partial charge in [-0.05, 0) is 30.3 Å². The van der Waals surface area contributed by atoms with Crippen LogP contribution in [0, 0.1) is 5.92 Å². The molecular weight excluding hydrogens is 422 g/mol. The molecular formula is C21H17N3O6S. The Bertz CT molecular complexity index is 1180. The molecule has 158 valence electrons. The summed E-state index contributed by atoms with van der Waals surface area (Å²) in [6.07, 6.45) is 0. The molecule has 31 heavy (non-hydrogen) atoms. The maximum atomic E-state index is 13.0. The van der Waals surface area contributed by atoms with Crippen molar-refractivity contribution in [3.8, 4) is 16.7 Å². The third-order valence-corrected chi connectivity index (χ3v) is 5.83. The molecule has 3 aromatic rings. The van der Waals surface area contributed by atoms with Gasteiger partial charge in [-0.15, -0.1) is 0 Å². The van der Waals surface area contributed by atoms with E-state index in [0.29, 0.717) is 10.9 Å². The van der Waals surface area contributed by atoms with Gasteiger partial charge in [0.25, 0.3) is 17.0 Å². The number of aromatic nitrogens is 1. The third kappa shape index (κ3) is 3.50. The minimum Gasteiger partial charge on any atom is -0.493 e. The fourth-order valence-corrected chi connectivity index (χ4v) is 4.02. The first-order valence-electron chi connectivity index (χ1n) is 9.16. The Balaban J connectivity index is 1.63. The van der Waals surface area contributed by atoms with Gasteiger partial charge >= 0.3 is 6.03 Å². The molecule has 0 radical (unpaired) electrons. The highest BCUT2D eigenvalue weighted by Gasteiger charge is 2.46. The number of nitrogens with zero attached hydrogens (tertiary/aromatic N) is 3. The molecule has 0 spiro atoms. The van der Waals surface area contributed by atoms with Crippen molar-refractivity contribution in [2.45, 2.75) is 0 Å². The second-order valence-electron chi connectivity index (χ2n) is 6.79. The molecule has 1 aliphatic rings. The van der Waals surface area contributed by atoms with Crippen LogP contribution >= 0.6 is 11.3 Å². The van der Waals surface area contributed by atoms with E-state index in [2.05, 4.69) is 4.98 Å². The molecule has 4 amide bonds. The van der Waals surface area contributed by atoms with E-state index < -0.39 is 29.5 Å². The number of methoxy groups -OCH3 is 1. The van der Waals surface area contributed by atoms with E-state index in [1.807, 2.05) is 24.3 Å². The van der Waals surface area contributed by atoms with Gasteiger partial charge in [0.05, 0.1) is 17.3 Å². The third-order valence-electron chi connectivity index (χ3n) is 4.91. The van der Waals surface area contributed by atoms with Crippen LogP contribution in [0.4, 0.5) is 4.79 Å². The summed E-state index contributed by atoms with van der Waals surface area (Å²) in [5.74, 6) is -3.54. The standard InChI is InChI=1S/C21H17N3O6S/c1-23-18(26)16(19(27)24(2)21(23)28)17(25)11-8-9-13(14(10-11)29-3)30-20-22-12-6-4-5-7-15(12)31-20/h4-10,16H,1-3H3. The van der Waals surface area contributed by atoms with Crippen LogP contribution in [0.15, 0.2) is 42.5 Å². The first-order valence-corrected chi connectivity index (χ1v) is 9.98. The van der Waals surface area contributed by atoms with Gasteiger partial charge in [0.1, 0.15) is 0 Å². The summed E-state index contributed by atoms with van der Waals surface area (Å²) >= 11 is 1.36. The molecule has 1 fully saturated rings. The number of barbiturate groups is 1. The molecule has 4 rings (SSSR count). The number of ketones is 1. The topological polar surface area (TPSA) is 106 Å². The number of urea groups is 1. The van der Waals surface area contributed by atoms with Gasteiger partial charge in [-0.1, -0.05) is 23.5 Å². The van der Waals surface area contributed by atoms with Gasteiger partial charge in [-0.25, -0.2) is 9.78 Å². The lowest BCUT2D eigenvalue weighted by molar-refractivity contribution is -0.145. The Hall–Kier alpha value is -3.79. The monoisotopic (exact) mass is 439 g/mol. The van der Waals surface area contributed by atoms with Crippen molar-refractivity contribution in [3.05, 3.63) is 48.0 Å². The van der Waals surface area contributed by atoms with E-state index in [1.54, 1.807) is 0 Å². The lowest BCUT2D eigenvalue weighted by Gasteiger charge is -2.32. The molecule has 0 aliphatic carbocycles. The molecule has 1 aliphatic heterocycles. The number of imide groups is 2. The number of rotatable bonds is 5. The zero-order chi connectivity index (χ0) is 22.3. The van der Waals surface area contributed by atoms with Gasteiger partial charge in [-0.3, -0.25) is 24.2 Å². The smallest absolute Gasteiger partial charge is 0.332 e. The van der Waals surface area contributed by atoms with Crippen LogP contribution in [0.1, 0.15) is 10.4 Å². The summed E-state index contributed by atoms with van der Waals surface area (Å²) in [5, 5.41) is 0.401. The molecule has 0 unspecified atom stereocenters. The van der Waals surface area contributed by atoms with Crippen molar-refractivity contribution in [3.63, 3.8) is 0 Å². The van der Waals surface area contributed by atoms with E-state index >= 15 is 0 Å². The molecule has 0 atom stereocenters. The summed E-state index contributed by atoms with van der Waals surface area (Å²) < 4.78 is 12.1. The molecule has 9 nitrogen and oxygen atoms in total. The predicted octanol–water partition coefficient (Wildman–Crippen LogP) is 2.95. The number of amides is 4. The molecule has 1 saturated heterocycles. The van der Waals surface area contributed by atoms with Crippen molar-refractivity contribution in [2.75, 3.05) is 21.2 Å². The zero-order valence-corrected chi connectivity index (χ0v) is 17.6. The Labute approximate surface area is 180 Å². The van der Waals surface area contributed by atoms with Crippen LogP contribution in [0.5, 0.6) is 16.7 Å². The van der Waals surface area contributed by atoms with Crippen molar-refractivity contribution in [2.24, 2.45) is 5.92 Å². The van der Waals surface area contributed by atoms with Crippen molar-refractivity contribution < 1.29 is 28.7 Å². The Morgan fingerprint density at radius 1 is 1.00 bits per heavy atom. The minimum absolute atomic E-state index is 0.0800. The van der Waals surface area contributed by atoms with Crippen LogP contribution < -0.4 is 9.47 Å². The summed E-state index contributed by atoms with van der Waals surface area (Å²) in [5.41, 5.74) is 0.877. The molecule has 2 heterocycles. The number of para-hydroxylation sites is 1. The molecule has 0 N–H and O–H groups in total.